The first-order chi connectivity index (χ1) is 5.09. The van der Waals surface area contributed by atoms with Crippen molar-refractivity contribution in [1.29, 1.82) is 0 Å². The second-order valence-electron chi connectivity index (χ2n) is 3.24. The van der Waals surface area contributed by atoms with E-state index in [2.05, 4.69) is 13.8 Å². The fraction of sp³-hybridized carbons (Fsp3) is 0.889. The minimum Gasteiger partial charge on any atom is -0.299 e. The van der Waals surface area contributed by atoms with Crippen molar-refractivity contribution in [3.8, 4) is 0 Å². The Kier molecular flexibility index (Phi) is 5.65. The molecule has 0 amide bonds. The minimum atomic E-state index is 0.238. The molecule has 0 aromatic carbocycles. The van der Waals surface area contributed by atoms with Gasteiger partial charge in [-0.25, -0.2) is 0 Å². The molecule has 66 valence electrons. The molecule has 0 fully saturated rings. The fourth-order valence-corrected chi connectivity index (χ4v) is 1.21. The van der Waals surface area contributed by atoms with Gasteiger partial charge < -0.3 is 0 Å². The van der Waals surface area contributed by atoms with Crippen LogP contribution in [0.25, 0.3) is 0 Å². The molecule has 0 aliphatic rings. The Hall–Kier alpha value is 0.0200. The van der Waals surface area contributed by atoms with Gasteiger partial charge in [-0.2, -0.15) is 11.8 Å². The van der Waals surface area contributed by atoms with Crippen molar-refractivity contribution in [2.45, 2.75) is 27.2 Å². The van der Waals surface area contributed by atoms with Gasteiger partial charge in [0.2, 0.25) is 0 Å². The van der Waals surface area contributed by atoms with E-state index in [1.54, 1.807) is 11.8 Å². The standard InChI is InChI=1S/C9H18OS/c1-7(2)8(3)9(10)5-6-11-4/h7-8H,5-6H2,1-4H3. The Balaban J connectivity index is 3.64. The van der Waals surface area contributed by atoms with E-state index in [1.807, 2.05) is 13.2 Å². The first-order valence-electron chi connectivity index (χ1n) is 4.11. The van der Waals surface area contributed by atoms with Crippen LogP contribution >= 0.6 is 11.8 Å². The molecule has 2 heteroatoms. The van der Waals surface area contributed by atoms with Crippen molar-refractivity contribution in [3.05, 3.63) is 0 Å². The molecule has 0 radical (unpaired) electrons. The fourth-order valence-electron chi connectivity index (χ4n) is 0.802. The van der Waals surface area contributed by atoms with E-state index in [4.69, 9.17) is 0 Å². The lowest BCUT2D eigenvalue weighted by molar-refractivity contribution is -0.123. The quantitative estimate of drug-likeness (QED) is 0.637. The number of hydrogen-bond acceptors (Lipinski definition) is 2. The molecule has 1 nitrogen and oxygen atoms in total. The van der Waals surface area contributed by atoms with E-state index < -0.39 is 0 Å². The molecule has 0 N–H and O–H groups in total. The molecule has 0 bridgehead atoms. The van der Waals surface area contributed by atoms with Gasteiger partial charge in [0.25, 0.3) is 0 Å². The maximum absolute atomic E-state index is 11.3. The zero-order valence-corrected chi connectivity index (χ0v) is 8.70. The summed E-state index contributed by atoms with van der Waals surface area (Å²) in [5.74, 6) is 2.11. The van der Waals surface area contributed by atoms with Crippen LogP contribution in [0.2, 0.25) is 0 Å². The van der Waals surface area contributed by atoms with E-state index in [1.165, 1.54) is 0 Å². The third kappa shape index (κ3) is 4.46. The smallest absolute Gasteiger partial charge is 0.136 e. The lowest BCUT2D eigenvalue weighted by Crippen LogP contribution is -2.17. The first kappa shape index (κ1) is 11.0. The van der Waals surface area contributed by atoms with Crippen LogP contribution in [0.1, 0.15) is 27.2 Å². The summed E-state index contributed by atoms with van der Waals surface area (Å²) < 4.78 is 0. The highest BCUT2D eigenvalue weighted by Gasteiger charge is 2.15. The lowest BCUT2D eigenvalue weighted by atomic mass is 9.92. The third-order valence-corrected chi connectivity index (χ3v) is 2.67. The van der Waals surface area contributed by atoms with Gasteiger partial charge in [0, 0.05) is 12.3 Å². The molecule has 0 aromatic rings. The van der Waals surface area contributed by atoms with Gasteiger partial charge in [-0.05, 0) is 17.9 Å². The van der Waals surface area contributed by atoms with Crippen LogP contribution in [-0.4, -0.2) is 17.8 Å². The highest BCUT2D eigenvalue weighted by atomic mass is 32.2. The Labute approximate surface area is 73.9 Å². The largest absolute Gasteiger partial charge is 0.299 e. The summed E-state index contributed by atoms with van der Waals surface area (Å²) in [6.07, 6.45) is 2.77. The summed E-state index contributed by atoms with van der Waals surface area (Å²) in [5, 5.41) is 0. The molecule has 0 aromatic heterocycles. The van der Waals surface area contributed by atoms with E-state index >= 15 is 0 Å². The van der Waals surface area contributed by atoms with E-state index in [0.717, 1.165) is 12.2 Å². The summed E-state index contributed by atoms with van der Waals surface area (Å²) in [5.41, 5.74) is 0. The SMILES string of the molecule is CSCCC(=O)C(C)C(C)C. The molecule has 0 spiro atoms. The summed E-state index contributed by atoms with van der Waals surface area (Å²) >= 11 is 1.74. The summed E-state index contributed by atoms with van der Waals surface area (Å²) in [6, 6.07) is 0. The number of thioether (sulfide) groups is 1. The molecule has 1 unspecified atom stereocenters. The van der Waals surface area contributed by atoms with Gasteiger partial charge in [0.05, 0.1) is 0 Å². The molecule has 11 heavy (non-hydrogen) atoms. The molecule has 0 saturated carbocycles. The van der Waals surface area contributed by atoms with Gasteiger partial charge in [-0.3, -0.25) is 4.79 Å². The van der Waals surface area contributed by atoms with Crippen molar-refractivity contribution in [2.75, 3.05) is 12.0 Å². The molecule has 0 aliphatic heterocycles. The number of Topliss-reactive ketones (excluding diaryl/α,β-unsaturated/α-hetero) is 1. The van der Waals surface area contributed by atoms with E-state index in [0.29, 0.717) is 11.7 Å². The number of rotatable bonds is 5. The van der Waals surface area contributed by atoms with Crippen molar-refractivity contribution >= 4 is 17.5 Å². The minimum absolute atomic E-state index is 0.238. The average Bonchev–Trinajstić information content (AvgIpc) is 1.98. The molecular formula is C9H18OS. The normalized spacial score (nSPS) is 13.5. The predicted octanol–water partition coefficient (Wildman–Crippen LogP) is 2.60. The number of carbonyl (C=O) groups excluding carboxylic acids is 1. The average molecular weight is 174 g/mol. The highest BCUT2D eigenvalue weighted by molar-refractivity contribution is 7.98. The maximum atomic E-state index is 11.3. The van der Waals surface area contributed by atoms with Crippen molar-refractivity contribution in [3.63, 3.8) is 0 Å². The number of carbonyl (C=O) groups is 1. The van der Waals surface area contributed by atoms with E-state index in [-0.39, 0.29) is 5.92 Å². The Bertz CT molecular complexity index is 121. The molecule has 1 atom stereocenters. The topological polar surface area (TPSA) is 17.1 Å². The van der Waals surface area contributed by atoms with Crippen LogP contribution in [0.4, 0.5) is 0 Å². The van der Waals surface area contributed by atoms with Gasteiger partial charge in [-0.1, -0.05) is 20.8 Å². The second-order valence-corrected chi connectivity index (χ2v) is 4.23. The zero-order valence-electron chi connectivity index (χ0n) is 7.89. The third-order valence-electron chi connectivity index (χ3n) is 2.06. The number of ketones is 1. The van der Waals surface area contributed by atoms with E-state index in [9.17, 15) is 4.79 Å². The van der Waals surface area contributed by atoms with Gasteiger partial charge in [-0.15, -0.1) is 0 Å². The lowest BCUT2D eigenvalue weighted by Gasteiger charge is -2.13. The monoisotopic (exact) mass is 174 g/mol. The molecule has 0 heterocycles. The van der Waals surface area contributed by atoms with Crippen LogP contribution in [0.5, 0.6) is 0 Å². The zero-order chi connectivity index (χ0) is 8.85. The maximum Gasteiger partial charge on any atom is 0.136 e. The van der Waals surface area contributed by atoms with Gasteiger partial charge in [0.15, 0.2) is 0 Å². The summed E-state index contributed by atoms with van der Waals surface area (Å²) in [4.78, 5) is 11.3. The Morgan fingerprint density at radius 3 is 2.27 bits per heavy atom. The summed E-state index contributed by atoms with van der Waals surface area (Å²) in [6.45, 7) is 6.22. The van der Waals surface area contributed by atoms with Gasteiger partial charge in [0.1, 0.15) is 5.78 Å². The molecule has 0 rings (SSSR count). The molecular weight excluding hydrogens is 156 g/mol. The van der Waals surface area contributed by atoms with Crippen LogP contribution in [0, 0.1) is 11.8 Å². The molecule has 0 saturated heterocycles. The first-order valence-corrected chi connectivity index (χ1v) is 5.50. The predicted molar refractivity (Wildman–Crippen MR) is 52.0 cm³/mol. The van der Waals surface area contributed by atoms with Crippen molar-refractivity contribution in [1.82, 2.24) is 0 Å². The van der Waals surface area contributed by atoms with Gasteiger partial charge >= 0.3 is 0 Å². The summed E-state index contributed by atoms with van der Waals surface area (Å²) in [7, 11) is 0. The van der Waals surface area contributed by atoms with Crippen LogP contribution in [0.3, 0.4) is 0 Å². The van der Waals surface area contributed by atoms with Crippen LogP contribution < -0.4 is 0 Å². The van der Waals surface area contributed by atoms with Crippen LogP contribution in [-0.2, 0) is 4.79 Å². The van der Waals surface area contributed by atoms with Crippen molar-refractivity contribution in [2.24, 2.45) is 11.8 Å². The number of hydrogen-bond donors (Lipinski definition) is 0. The highest BCUT2D eigenvalue weighted by Crippen LogP contribution is 2.13. The Morgan fingerprint density at radius 2 is 1.91 bits per heavy atom. The molecule has 0 aliphatic carbocycles. The second kappa shape index (κ2) is 5.64. The van der Waals surface area contributed by atoms with Crippen LogP contribution in [0.15, 0.2) is 0 Å². The Morgan fingerprint density at radius 1 is 1.36 bits per heavy atom. The van der Waals surface area contributed by atoms with Crippen molar-refractivity contribution < 1.29 is 4.79 Å².